The predicted octanol–water partition coefficient (Wildman–Crippen LogP) is 6.83. The molecule has 21 heavy (non-hydrogen) atoms. The molecule has 1 heteroatoms. The van der Waals surface area contributed by atoms with E-state index in [2.05, 4.69) is 11.8 Å². The van der Waals surface area contributed by atoms with Crippen LogP contribution >= 0.6 is 11.8 Å². The third-order valence-corrected chi connectivity index (χ3v) is 8.22. The van der Waals surface area contributed by atoms with Crippen molar-refractivity contribution in [2.45, 2.75) is 102 Å². The van der Waals surface area contributed by atoms with Crippen molar-refractivity contribution in [1.82, 2.24) is 0 Å². The third kappa shape index (κ3) is 4.91. The standard InChI is InChI=1S/C20H36S/c1-2-4-9-13-18(12-8-3-1)19-14-15-20(19)21-16-17-10-6-5-7-11-17/h17-20H,1-16H2. The minimum absolute atomic E-state index is 1.05. The molecular weight excluding hydrogens is 272 g/mol. The topological polar surface area (TPSA) is 0 Å². The van der Waals surface area contributed by atoms with Crippen molar-refractivity contribution in [3.63, 3.8) is 0 Å². The molecule has 2 atom stereocenters. The highest BCUT2D eigenvalue weighted by molar-refractivity contribution is 7.99. The van der Waals surface area contributed by atoms with E-state index in [1.165, 1.54) is 76.4 Å². The Balaban J connectivity index is 1.41. The summed E-state index contributed by atoms with van der Waals surface area (Å²) in [5.41, 5.74) is 0. The molecule has 0 aliphatic heterocycles. The van der Waals surface area contributed by atoms with E-state index in [1.54, 1.807) is 25.7 Å². The molecule has 0 bridgehead atoms. The van der Waals surface area contributed by atoms with Gasteiger partial charge in [0.2, 0.25) is 0 Å². The molecule has 0 aromatic rings. The van der Waals surface area contributed by atoms with Gasteiger partial charge in [-0.15, -0.1) is 0 Å². The second kappa shape index (κ2) is 8.85. The number of thioether (sulfide) groups is 1. The maximum atomic E-state index is 2.39. The van der Waals surface area contributed by atoms with Crippen molar-refractivity contribution in [3.05, 3.63) is 0 Å². The molecule has 0 spiro atoms. The molecule has 0 amide bonds. The molecule has 3 fully saturated rings. The fourth-order valence-corrected chi connectivity index (χ4v) is 6.71. The van der Waals surface area contributed by atoms with Gasteiger partial charge in [-0.1, -0.05) is 70.6 Å². The van der Waals surface area contributed by atoms with Crippen LogP contribution in [0.15, 0.2) is 0 Å². The van der Waals surface area contributed by atoms with Crippen LogP contribution in [0.5, 0.6) is 0 Å². The van der Waals surface area contributed by atoms with Crippen molar-refractivity contribution < 1.29 is 0 Å². The molecule has 3 aliphatic carbocycles. The van der Waals surface area contributed by atoms with E-state index in [9.17, 15) is 0 Å². The second-order valence-electron chi connectivity index (χ2n) is 8.08. The zero-order chi connectivity index (χ0) is 14.3. The van der Waals surface area contributed by atoms with Gasteiger partial charge < -0.3 is 0 Å². The average molecular weight is 309 g/mol. The molecule has 0 nitrogen and oxygen atoms in total. The van der Waals surface area contributed by atoms with Gasteiger partial charge in [-0.25, -0.2) is 0 Å². The van der Waals surface area contributed by atoms with Gasteiger partial charge in [0.1, 0.15) is 0 Å². The lowest BCUT2D eigenvalue weighted by Crippen LogP contribution is -2.35. The Bertz CT molecular complexity index is 272. The fourth-order valence-electron chi connectivity index (χ4n) is 4.95. The zero-order valence-corrected chi connectivity index (χ0v) is 14.8. The lowest BCUT2D eigenvalue weighted by atomic mass is 9.72. The SMILES string of the molecule is C1CCCCC(C2CCC2SCC2CCCCC2)CCC1. The van der Waals surface area contributed by atoms with Gasteiger partial charge >= 0.3 is 0 Å². The molecule has 3 aliphatic rings. The van der Waals surface area contributed by atoms with Crippen molar-refractivity contribution in [2.24, 2.45) is 17.8 Å². The number of hydrogen-bond acceptors (Lipinski definition) is 1. The van der Waals surface area contributed by atoms with Crippen LogP contribution in [-0.4, -0.2) is 11.0 Å². The molecule has 0 heterocycles. The Morgan fingerprint density at radius 2 is 1.14 bits per heavy atom. The predicted molar refractivity (Wildman–Crippen MR) is 96.0 cm³/mol. The highest BCUT2D eigenvalue weighted by atomic mass is 32.2. The van der Waals surface area contributed by atoms with Gasteiger partial charge in [-0.05, 0) is 49.2 Å². The van der Waals surface area contributed by atoms with Crippen molar-refractivity contribution in [1.29, 1.82) is 0 Å². The van der Waals surface area contributed by atoms with E-state index < -0.39 is 0 Å². The Morgan fingerprint density at radius 3 is 1.76 bits per heavy atom. The molecule has 0 N–H and O–H groups in total. The van der Waals surface area contributed by atoms with Crippen LogP contribution in [0.1, 0.15) is 96.3 Å². The lowest BCUT2D eigenvalue weighted by molar-refractivity contribution is 0.190. The normalized spacial score (nSPS) is 33.7. The summed E-state index contributed by atoms with van der Waals surface area (Å²) in [7, 11) is 0. The quantitative estimate of drug-likeness (QED) is 0.548. The van der Waals surface area contributed by atoms with Gasteiger partial charge in [-0.3, -0.25) is 0 Å². The molecule has 0 aromatic heterocycles. The van der Waals surface area contributed by atoms with Crippen LogP contribution in [0.3, 0.4) is 0 Å². The maximum absolute atomic E-state index is 2.39. The first-order chi connectivity index (χ1) is 10.4. The summed E-state index contributed by atoms with van der Waals surface area (Å²) >= 11 is 2.39. The van der Waals surface area contributed by atoms with Crippen LogP contribution in [0.4, 0.5) is 0 Å². The van der Waals surface area contributed by atoms with Crippen molar-refractivity contribution in [2.75, 3.05) is 5.75 Å². The molecule has 0 saturated heterocycles. The van der Waals surface area contributed by atoms with E-state index >= 15 is 0 Å². The smallest absolute Gasteiger partial charge is 0.00781 e. The van der Waals surface area contributed by atoms with Crippen LogP contribution in [0.25, 0.3) is 0 Å². The van der Waals surface area contributed by atoms with Crippen LogP contribution in [0.2, 0.25) is 0 Å². The Hall–Kier alpha value is 0.350. The van der Waals surface area contributed by atoms with Crippen molar-refractivity contribution in [3.8, 4) is 0 Å². The summed E-state index contributed by atoms with van der Waals surface area (Å²) in [5.74, 6) is 4.77. The summed E-state index contributed by atoms with van der Waals surface area (Å²) in [6, 6.07) is 0. The molecule has 3 rings (SSSR count). The van der Waals surface area contributed by atoms with Crippen LogP contribution in [-0.2, 0) is 0 Å². The van der Waals surface area contributed by atoms with E-state index in [-0.39, 0.29) is 0 Å². The van der Waals surface area contributed by atoms with Gasteiger partial charge in [0.25, 0.3) is 0 Å². The minimum Gasteiger partial charge on any atom is -0.158 e. The summed E-state index contributed by atoms with van der Waals surface area (Å²) < 4.78 is 0. The van der Waals surface area contributed by atoms with Crippen LogP contribution in [0, 0.1) is 17.8 Å². The van der Waals surface area contributed by atoms with Gasteiger partial charge in [0.05, 0.1) is 0 Å². The third-order valence-electron chi connectivity index (χ3n) is 6.54. The number of hydrogen-bond donors (Lipinski definition) is 0. The molecule has 0 aromatic carbocycles. The lowest BCUT2D eigenvalue weighted by Gasteiger charge is -2.42. The Labute approximate surface area is 137 Å². The second-order valence-corrected chi connectivity index (χ2v) is 9.35. The van der Waals surface area contributed by atoms with Crippen molar-refractivity contribution >= 4 is 11.8 Å². The van der Waals surface area contributed by atoms with E-state index in [0.29, 0.717) is 0 Å². The minimum atomic E-state index is 1.05. The molecule has 3 saturated carbocycles. The van der Waals surface area contributed by atoms with E-state index in [4.69, 9.17) is 0 Å². The maximum Gasteiger partial charge on any atom is 0.00781 e. The molecular formula is C20H36S. The first-order valence-electron chi connectivity index (χ1n) is 10.0. The molecule has 2 unspecified atom stereocenters. The van der Waals surface area contributed by atoms with E-state index in [0.717, 1.165) is 23.0 Å². The number of rotatable bonds is 4. The van der Waals surface area contributed by atoms with Gasteiger partial charge in [-0.2, -0.15) is 11.8 Å². The summed E-state index contributed by atoms with van der Waals surface area (Å²) in [6.45, 7) is 0. The zero-order valence-electron chi connectivity index (χ0n) is 14.0. The average Bonchev–Trinajstić information content (AvgIpc) is 2.62. The summed E-state index contributed by atoms with van der Waals surface area (Å²) in [4.78, 5) is 0. The highest BCUT2D eigenvalue weighted by Gasteiger charge is 2.36. The first kappa shape index (κ1) is 16.2. The van der Waals surface area contributed by atoms with Gasteiger partial charge in [0.15, 0.2) is 0 Å². The highest BCUT2D eigenvalue weighted by Crippen LogP contribution is 2.46. The van der Waals surface area contributed by atoms with E-state index in [1.807, 2.05) is 0 Å². The fraction of sp³-hybridized carbons (Fsp3) is 1.00. The first-order valence-corrected chi connectivity index (χ1v) is 11.1. The largest absolute Gasteiger partial charge is 0.158 e. The monoisotopic (exact) mass is 308 g/mol. The molecule has 0 radical (unpaired) electrons. The van der Waals surface area contributed by atoms with Gasteiger partial charge in [0, 0.05) is 5.25 Å². The van der Waals surface area contributed by atoms with Crippen LogP contribution < -0.4 is 0 Å². The Kier molecular flexibility index (Phi) is 6.83. The molecule has 122 valence electrons. The Morgan fingerprint density at radius 1 is 0.571 bits per heavy atom. The summed E-state index contributed by atoms with van der Waals surface area (Å²) in [5, 5.41) is 1.05. The summed E-state index contributed by atoms with van der Waals surface area (Å²) in [6.07, 6.45) is 23.0.